The molecule has 3 rings (SSSR count). The van der Waals surface area contributed by atoms with E-state index < -0.39 is 0 Å². The van der Waals surface area contributed by atoms with Crippen molar-refractivity contribution in [3.05, 3.63) is 47.3 Å². The van der Waals surface area contributed by atoms with E-state index in [1.807, 2.05) is 48.7 Å². The van der Waals surface area contributed by atoms with Gasteiger partial charge in [0.25, 0.3) is 0 Å². The molecule has 0 aliphatic carbocycles. The lowest BCUT2D eigenvalue weighted by Crippen LogP contribution is -2.30. The molecule has 1 amide bonds. The van der Waals surface area contributed by atoms with E-state index in [1.54, 1.807) is 11.9 Å². The molecule has 0 aliphatic rings. The van der Waals surface area contributed by atoms with Gasteiger partial charge in [-0.2, -0.15) is 4.80 Å². The van der Waals surface area contributed by atoms with E-state index in [0.717, 1.165) is 16.2 Å². The number of nitrogens with zero attached hydrogens (tertiary/aromatic N) is 5. The van der Waals surface area contributed by atoms with Gasteiger partial charge in [0.05, 0.1) is 11.5 Å². The second-order valence-corrected chi connectivity index (χ2v) is 6.40. The molecule has 1 aromatic carbocycles. The number of benzene rings is 1. The number of aromatic nitrogens is 4. The summed E-state index contributed by atoms with van der Waals surface area (Å²) in [6, 6.07) is 11.6. The Morgan fingerprint density at radius 3 is 2.76 bits per heavy atom. The summed E-state index contributed by atoms with van der Waals surface area (Å²) in [4.78, 5) is 16.3. The quantitative estimate of drug-likeness (QED) is 0.649. The summed E-state index contributed by atoms with van der Waals surface area (Å²) >= 11 is 1.54. The zero-order valence-electron chi connectivity index (χ0n) is 14.1. The Morgan fingerprint density at radius 1 is 1.28 bits per heavy atom. The lowest BCUT2D eigenvalue weighted by molar-refractivity contribution is -0.131. The van der Waals surface area contributed by atoms with Crippen molar-refractivity contribution in [2.75, 3.05) is 13.7 Å². The van der Waals surface area contributed by atoms with Gasteiger partial charge in [-0.05, 0) is 41.3 Å². The number of likely N-dealkylation sites (N-methyl/N-ethyl adjacent to an activating group) is 1. The summed E-state index contributed by atoms with van der Waals surface area (Å²) in [6.45, 7) is 3.15. The van der Waals surface area contributed by atoms with Crippen LogP contribution in [0.15, 0.2) is 41.8 Å². The Kier molecular flexibility index (Phi) is 5.39. The Bertz CT molecular complexity index is 814. The summed E-state index contributed by atoms with van der Waals surface area (Å²) in [5.74, 6) is 1.29. The van der Waals surface area contributed by atoms with Gasteiger partial charge in [0.2, 0.25) is 11.7 Å². The summed E-state index contributed by atoms with van der Waals surface area (Å²) < 4.78 is 5.42. The Morgan fingerprint density at radius 2 is 2.08 bits per heavy atom. The lowest BCUT2D eigenvalue weighted by atomic mass is 10.2. The van der Waals surface area contributed by atoms with Gasteiger partial charge in [-0.25, -0.2) is 0 Å². The van der Waals surface area contributed by atoms with Crippen LogP contribution in [0.3, 0.4) is 0 Å². The highest BCUT2D eigenvalue weighted by atomic mass is 32.1. The predicted octanol–water partition coefficient (Wildman–Crippen LogP) is 2.46. The normalized spacial score (nSPS) is 10.6. The summed E-state index contributed by atoms with van der Waals surface area (Å²) in [7, 11) is 1.76. The molecule has 2 heterocycles. The number of rotatable bonds is 7. The Hall–Kier alpha value is -2.74. The zero-order valence-corrected chi connectivity index (χ0v) is 14.9. The molecule has 0 bridgehead atoms. The maximum absolute atomic E-state index is 12.4. The molecule has 0 unspecified atom stereocenters. The van der Waals surface area contributed by atoms with Crippen molar-refractivity contribution in [2.45, 2.75) is 20.0 Å². The average Bonchev–Trinajstić information content (AvgIpc) is 3.28. The minimum atomic E-state index is -0.0796. The molecular formula is C17H19N5O2S. The number of tetrazole rings is 1. The zero-order chi connectivity index (χ0) is 17.6. The second-order valence-electron chi connectivity index (χ2n) is 5.45. The van der Waals surface area contributed by atoms with Crippen LogP contribution in [0.1, 0.15) is 12.5 Å². The number of ether oxygens (including phenoxy) is 1. The van der Waals surface area contributed by atoms with Gasteiger partial charge in [-0.1, -0.05) is 18.2 Å². The molecular weight excluding hydrogens is 338 g/mol. The smallest absolute Gasteiger partial charge is 0.246 e. The minimum absolute atomic E-state index is 0.0614. The first-order valence-electron chi connectivity index (χ1n) is 7.93. The lowest BCUT2D eigenvalue weighted by Gasteiger charge is -2.17. The van der Waals surface area contributed by atoms with Gasteiger partial charge in [0.1, 0.15) is 12.3 Å². The molecule has 2 aromatic heterocycles. The van der Waals surface area contributed by atoms with E-state index in [4.69, 9.17) is 4.74 Å². The molecule has 7 nitrogen and oxygen atoms in total. The third-order valence-corrected chi connectivity index (χ3v) is 4.42. The van der Waals surface area contributed by atoms with Crippen molar-refractivity contribution in [1.82, 2.24) is 25.1 Å². The molecule has 0 fully saturated rings. The first-order valence-corrected chi connectivity index (χ1v) is 8.81. The molecule has 8 heteroatoms. The van der Waals surface area contributed by atoms with Crippen LogP contribution < -0.4 is 4.74 Å². The number of thiophene rings is 1. The van der Waals surface area contributed by atoms with Crippen LogP contribution in [0.25, 0.3) is 10.7 Å². The van der Waals surface area contributed by atoms with Gasteiger partial charge < -0.3 is 9.64 Å². The van der Waals surface area contributed by atoms with Crippen LogP contribution in [0.4, 0.5) is 0 Å². The number of hydrogen-bond acceptors (Lipinski definition) is 6. The molecule has 25 heavy (non-hydrogen) atoms. The largest absolute Gasteiger partial charge is 0.494 e. The predicted molar refractivity (Wildman–Crippen MR) is 95.2 cm³/mol. The van der Waals surface area contributed by atoms with Crippen LogP contribution in [0.2, 0.25) is 0 Å². The number of amides is 1. The van der Waals surface area contributed by atoms with Gasteiger partial charge in [-0.15, -0.1) is 21.5 Å². The standard InChI is InChI=1S/C17H19N5O2S/c1-3-24-14-8-6-13(7-9-14)11-21(2)16(23)12-22-19-17(18-20-22)15-5-4-10-25-15/h4-10H,3,11-12H2,1-2H3. The maximum atomic E-state index is 12.4. The highest BCUT2D eigenvalue weighted by Gasteiger charge is 2.13. The van der Waals surface area contributed by atoms with Crippen LogP contribution >= 0.6 is 11.3 Å². The van der Waals surface area contributed by atoms with Crippen LogP contribution in [0, 0.1) is 0 Å². The first-order chi connectivity index (χ1) is 12.2. The van der Waals surface area contributed by atoms with Gasteiger partial charge in [-0.3, -0.25) is 4.79 Å². The SMILES string of the molecule is CCOc1ccc(CN(C)C(=O)Cn2nnc(-c3cccs3)n2)cc1. The molecule has 0 saturated carbocycles. The number of hydrogen-bond donors (Lipinski definition) is 0. The molecule has 0 radical (unpaired) electrons. The van der Waals surface area contributed by atoms with E-state index in [9.17, 15) is 4.79 Å². The third kappa shape index (κ3) is 4.42. The fourth-order valence-corrected chi connectivity index (χ4v) is 2.92. The third-order valence-electron chi connectivity index (χ3n) is 3.55. The highest BCUT2D eigenvalue weighted by molar-refractivity contribution is 7.13. The first kappa shape index (κ1) is 17.1. The Labute approximate surface area is 149 Å². The summed E-state index contributed by atoms with van der Waals surface area (Å²) in [5, 5.41) is 14.1. The highest BCUT2D eigenvalue weighted by Crippen LogP contribution is 2.19. The van der Waals surface area contributed by atoms with Crippen molar-refractivity contribution in [3.8, 4) is 16.5 Å². The van der Waals surface area contributed by atoms with Gasteiger partial charge in [0, 0.05) is 13.6 Å². The molecule has 0 saturated heterocycles. The van der Waals surface area contributed by atoms with Crippen LogP contribution in [-0.4, -0.2) is 44.7 Å². The fraction of sp³-hybridized carbons (Fsp3) is 0.294. The van der Waals surface area contributed by atoms with Crippen LogP contribution in [0.5, 0.6) is 5.75 Å². The van der Waals surface area contributed by atoms with E-state index in [-0.39, 0.29) is 12.5 Å². The van der Waals surface area contributed by atoms with E-state index in [2.05, 4.69) is 15.4 Å². The van der Waals surface area contributed by atoms with E-state index in [1.165, 1.54) is 16.1 Å². The molecule has 0 N–H and O–H groups in total. The van der Waals surface area contributed by atoms with Crippen molar-refractivity contribution in [3.63, 3.8) is 0 Å². The molecule has 0 atom stereocenters. The summed E-state index contributed by atoms with van der Waals surface area (Å²) in [6.07, 6.45) is 0. The maximum Gasteiger partial charge on any atom is 0.246 e. The average molecular weight is 357 g/mol. The van der Waals surface area contributed by atoms with Crippen molar-refractivity contribution < 1.29 is 9.53 Å². The second kappa shape index (κ2) is 7.89. The Balaban J connectivity index is 1.57. The molecule has 3 aromatic rings. The van der Waals surface area contributed by atoms with Crippen LogP contribution in [-0.2, 0) is 17.9 Å². The molecule has 130 valence electrons. The molecule has 0 aliphatic heterocycles. The summed E-state index contributed by atoms with van der Waals surface area (Å²) in [5.41, 5.74) is 1.03. The van der Waals surface area contributed by atoms with Gasteiger partial charge >= 0.3 is 0 Å². The molecule has 0 spiro atoms. The van der Waals surface area contributed by atoms with Crippen molar-refractivity contribution in [2.24, 2.45) is 0 Å². The van der Waals surface area contributed by atoms with E-state index in [0.29, 0.717) is 19.0 Å². The van der Waals surface area contributed by atoms with E-state index >= 15 is 0 Å². The monoisotopic (exact) mass is 357 g/mol. The van der Waals surface area contributed by atoms with Gasteiger partial charge in [0.15, 0.2) is 0 Å². The topological polar surface area (TPSA) is 73.1 Å². The number of carbonyl (C=O) groups excluding carboxylic acids is 1. The van der Waals surface area contributed by atoms with Crippen molar-refractivity contribution >= 4 is 17.2 Å². The van der Waals surface area contributed by atoms with Crippen molar-refractivity contribution in [1.29, 1.82) is 0 Å². The fourth-order valence-electron chi connectivity index (χ4n) is 2.28. The number of carbonyl (C=O) groups is 1. The minimum Gasteiger partial charge on any atom is -0.494 e.